The lowest BCUT2D eigenvalue weighted by Crippen LogP contribution is -2.11. The fourth-order valence-corrected chi connectivity index (χ4v) is 3.03. The highest BCUT2D eigenvalue weighted by Gasteiger charge is 2.10. The molecule has 0 fully saturated rings. The Morgan fingerprint density at radius 1 is 0.926 bits per heavy atom. The number of ether oxygens (including phenoxy) is 1. The molecule has 0 aliphatic rings. The normalized spacial score (nSPS) is 10.7. The van der Waals surface area contributed by atoms with E-state index < -0.39 is 5.91 Å². The van der Waals surface area contributed by atoms with Gasteiger partial charge in [0.25, 0.3) is 0 Å². The topological polar surface area (TPSA) is 78.1 Å². The lowest BCUT2D eigenvalue weighted by molar-refractivity contribution is 0.100. The number of benzene rings is 2. The van der Waals surface area contributed by atoms with Gasteiger partial charge in [-0.05, 0) is 42.5 Å². The standard InChI is InChI=1S/C21H14ClN3O2/c22-18-11-14(3-5-17(18)21(23)26)20-12-16(7-9-25-20)27-15-4-6-19-13(10-15)2-1-8-24-19/h1-12H,(H2,23,26). The average Bonchev–Trinajstić information content (AvgIpc) is 2.68. The molecule has 0 aliphatic heterocycles. The maximum absolute atomic E-state index is 11.3. The van der Waals surface area contributed by atoms with Gasteiger partial charge in [0.15, 0.2) is 0 Å². The first-order chi connectivity index (χ1) is 13.1. The van der Waals surface area contributed by atoms with Gasteiger partial charge in [-0.15, -0.1) is 0 Å². The predicted molar refractivity (Wildman–Crippen MR) is 105 cm³/mol. The van der Waals surface area contributed by atoms with Crippen LogP contribution in [0.2, 0.25) is 5.02 Å². The number of primary amides is 1. The van der Waals surface area contributed by atoms with E-state index in [0.29, 0.717) is 17.2 Å². The molecule has 0 atom stereocenters. The van der Waals surface area contributed by atoms with Crippen LogP contribution in [0, 0.1) is 0 Å². The highest BCUT2D eigenvalue weighted by Crippen LogP contribution is 2.29. The van der Waals surface area contributed by atoms with Crippen molar-refractivity contribution in [2.75, 3.05) is 0 Å². The Kier molecular flexibility index (Phi) is 4.44. The first-order valence-electron chi connectivity index (χ1n) is 8.18. The Labute approximate surface area is 160 Å². The van der Waals surface area contributed by atoms with Gasteiger partial charge in [0.05, 0.1) is 21.8 Å². The van der Waals surface area contributed by atoms with Crippen molar-refractivity contribution in [2.45, 2.75) is 0 Å². The summed E-state index contributed by atoms with van der Waals surface area (Å²) in [4.78, 5) is 20.0. The molecule has 0 aliphatic carbocycles. The van der Waals surface area contributed by atoms with E-state index in [2.05, 4.69) is 9.97 Å². The van der Waals surface area contributed by atoms with Crippen molar-refractivity contribution >= 4 is 28.4 Å². The second kappa shape index (κ2) is 7.05. The van der Waals surface area contributed by atoms with Crippen molar-refractivity contribution in [2.24, 2.45) is 5.73 Å². The Morgan fingerprint density at radius 2 is 1.78 bits per heavy atom. The van der Waals surface area contributed by atoms with Crippen LogP contribution in [0.15, 0.2) is 73.1 Å². The SMILES string of the molecule is NC(=O)c1ccc(-c2cc(Oc3ccc4ncccc4c3)ccn2)cc1Cl. The van der Waals surface area contributed by atoms with E-state index in [9.17, 15) is 4.79 Å². The zero-order valence-electron chi connectivity index (χ0n) is 14.1. The van der Waals surface area contributed by atoms with Gasteiger partial charge in [-0.25, -0.2) is 0 Å². The Balaban J connectivity index is 1.64. The number of rotatable bonds is 4. The van der Waals surface area contributed by atoms with E-state index in [1.165, 1.54) is 0 Å². The van der Waals surface area contributed by atoms with E-state index in [1.807, 2.05) is 36.4 Å². The monoisotopic (exact) mass is 375 g/mol. The minimum atomic E-state index is -0.567. The van der Waals surface area contributed by atoms with Gasteiger partial charge < -0.3 is 10.5 Å². The second-order valence-electron chi connectivity index (χ2n) is 5.90. The van der Waals surface area contributed by atoms with Crippen LogP contribution in [0.1, 0.15) is 10.4 Å². The smallest absolute Gasteiger partial charge is 0.250 e. The summed E-state index contributed by atoms with van der Waals surface area (Å²) in [6.07, 6.45) is 3.41. The molecule has 5 nitrogen and oxygen atoms in total. The third-order valence-electron chi connectivity index (χ3n) is 4.07. The van der Waals surface area contributed by atoms with Crippen molar-refractivity contribution in [3.8, 4) is 22.8 Å². The maximum atomic E-state index is 11.3. The second-order valence-corrected chi connectivity index (χ2v) is 6.30. The molecular weight excluding hydrogens is 362 g/mol. The number of pyridine rings is 2. The minimum Gasteiger partial charge on any atom is -0.457 e. The minimum absolute atomic E-state index is 0.276. The first-order valence-corrected chi connectivity index (χ1v) is 8.56. The first kappa shape index (κ1) is 17.0. The quantitative estimate of drug-likeness (QED) is 0.553. The van der Waals surface area contributed by atoms with Crippen molar-refractivity contribution < 1.29 is 9.53 Å². The van der Waals surface area contributed by atoms with E-state index in [4.69, 9.17) is 22.1 Å². The number of amides is 1. The molecule has 0 unspecified atom stereocenters. The average molecular weight is 376 g/mol. The predicted octanol–water partition coefficient (Wildman–Crippen LogP) is 4.84. The molecule has 27 heavy (non-hydrogen) atoms. The van der Waals surface area contributed by atoms with E-state index in [0.717, 1.165) is 16.5 Å². The maximum Gasteiger partial charge on any atom is 0.250 e. The largest absolute Gasteiger partial charge is 0.457 e. The van der Waals surface area contributed by atoms with Crippen molar-refractivity contribution in [1.29, 1.82) is 0 Å². The summed E-state index contributed by atoms with van der Waals surface area (Å²) in [6.45, 7) is 0. The Hall–Kier alpha value is -3.44. The van der Waals surface area contributed by atoms with Crippen molar-refractivity contribution in [3.63, 3.8) is 0 Å². The molecule has 0 saturated carbocycles. The van der Waals surface area contributed by atoms with Crippen LogP contribution < -0.4 is 10.5 Å². The molecule has 2 aromatic heterocycles. The van der Waals surface area contributed by atoms with Gasteiger partial charge >= 0.3 is 0 Å². The Bertz CT molecular complexity index is 1160. The zero-order chi connectivity index (χ0) is 18.8. The fraction of sp³-hybridized carbons (Fsp3) is 0. The molecule has 0 saturated heterocycles. The number of hydrogen-bond acceptors (Lipinski definition) is 4. The van der Waals surface area contributed by atoms with Gasteiger partial charge in [0.2, 0.25) is 5.91 Å². The number of carbonyl (C=O) groups excluding carboxylic acids is 1. The number of aromatic nitrogens is 2. The number of nitrogens with two attached hydrogens (primary N) is 1. The van der Waals surface area contributed by atoms with Gasteiger partial charge in [0, 0.05) is 29.4 Å². The highest BCUT2D eigenvalue weighted by atomic mass is 35.5. The molecule has 0 bridgehead atoms. The number of fused-ring (bicyclic) bond motifs is 1. The van der Waals surface area contributed by atoms with Crippen LogP contribution in [0.5, 0.6) is 11.5 Å². The van der Waals surface area contributed by atoms with Gasteiger partial charge in [-0.3, -0.25) is 14.8 Å². The molecule has 4 aromatic rings. The van der Waals surface area contributed by atoms with Gasteiger partial charge in [-0.1, -0.05) is 23.7 Å². The van der Waals surface area contributed by atoms with Crippen LogP contribution >= 0.6 is 11.6 Å². The number of carbonyl (C=O) groups is 1. The van der Waals surface area contributed by atoms with Crippen LogP contribution in [0.3, 0.4) is 0 Å². The molecule has 2 aromatic carbocycles. The zero-order valence-corrected chi connectivity index (χ0v) is 14.9. The molecular formula is C21H14ClN3O2. The highest BCUT2D eigenvalue weighted by molar-refractivity contribution is 6.34. The molecule has 0 radical (unpaired) electrons. The molecule has 6 heteroatoms. The summed E-state index contributed by atoms with van der Waals surface area (Å²) in [5, 5.41) is 1.29. The molecule has 2 heterocycles. The third-order valence-corrected chi connectivity index (χ3v) is 4.38. The number of halogens is 1. The molecule has 1 amide bonds. The Morgan fingerprint density at radius 3 is 2.59 bits per heavy atom. The van der Waals surface area contributed by atoms with Crippen molar-refractivity contribution in [1.82, 2.24) is 9.97 Å². The third kappa shape index (κ3) is 3.59. The van der Waals surface area contributed by atoms with Gasteiger partial charge in [-0.2, -0.15) is 0 Å². The summed E-state index contributed by atoms with van der Waals surface area (Å²) in [7, 11) is 0. The summed E-state index contributed by atoms with van der Waals surface area (Å²) in [5.74, 6) is 0.774. The lowest BCUT2D eigenvalue weighted by Gasteiger charge is -2.09. The summed E-state index contributed by atoms with van der Waals surface area (Å²) in [6, 6.07) is 18.2. The number of nitrogens with zero attached hydrogens (tertiary/aromatic N) is 2. The molecule has 2 N–H and O–H groups in total. The molecule has 132 valence electrons. The van der Waals surface area contributed by atoms with Crippen LogP contribution in [0.25, 0.3) is 22.2 Å². The summed E-state index contributed by atoms with van der Waals surface area (Å²) in [5.41, 5.74) is 7.91. The number of hydrogen-bond donors (Lipinski definition) is 1. The molecule has 0 spiro atoms. The van der Waals surface area contributed by atoms with Crippen LogP contribution in [-0.2, 0) is 0 Å². The summed E-state index contributed by atoms with van der Waals surface area (Å²) >= 11 is 6.13. The lowest BCUT2D eigenvalue weighted by atomic mass is 10.1. The molecule has 4 rings (SSSR count). The van der Waals surface area contributed by atoms with E-state index in [1.54, 1.807) is 36.7 Å². The van der Waals surface area contributed by atoms with E-state index in [-0.39, 0.29) is 10.6 Å². The summed E-state index contributed by atoms with van der Waals surface area (Å²) < 4.78 is 5.97. The van der Waals surface area contributed by atoms with Gasteiger partial charge in [0.1, 0.15) is 11.5 Å². The van der Waals surface area contributed by atoms with E-state index >= 15 is 0 Å². The van der Waals surface area contributed by atoms with Crippen molar-refractivity contribution in [3.05, 3.63) is 83.6 Å². The van der Waals surface area contributed by atoms with Crippen LogP contribution in [-0.4, -0.2) is 15.9 Å². The fourth-order valence-electron chi connectivity index (χ4n) is 2.76. The van der Waals surface area contributed by atoms with Crippen LogP contribution in [0.4, 0.5) is 0 Å².